The summed E-state index contributed by atoms with van der Waals surface area (Å²) in [4.78, 5) is 9.67. The monoisotopic (exact) mass is 946 g/mol. The Morgan fingerprint density at radius 1 is 0.552 bits per heavy atom. The number of rotatable bonds is 5. The van der Waals surface area contributed by atoms with Gasteiger partial charge in [0.05, 0.1) is 22.5 Å². The van der Waals surface area contributed by atoms with Gasteiger partial charge in [0.25, 0.3) is 6.33 Å². The minimum Gasteiger partial charge on any atom is -0.522 e. The molecule has 8 aromatic rings. The zero-order valence-corrected chi connectivity index (χ0v) is 38.0. The Bertz CT molecular complexity index is 2780. The number of para-hydroxylation sites is 1. The Hall–Kier alpha value is -5.06. The quantitative estimate of drug-likeness (QED) is 0.128. The molecule has 0 radical (unpaired) electrons. The fraction of sp³-hybridized carbons (Fsp3) is 0.314. The number of hydrogen-bond acceptors (Lipinski definition) is 3. The van der Waals surface area contributed by atoms with E-state index in [9.17, 15) is 0 Å². The van der Waals surface area contributed by atoms with Crippen LogP contribution in [0.25, 0.3) is 50.2 Å². The summed E-state index contributed by atoms with van der Waals surface area (Å²) in [6.07, 6.45) is 7.36. The van der Waals surface area contributed by atoms with E-state index in [1.165, 1.54) is 22.3 Å². The van der Waals surface area contributed by atoms with Crippen LogP contribution < -0.4 is 9.30 Å². The Labute approximate surface area is 358 Å². The van der Waals surface area contributed by atoms with E-state index in [0.29, 0.717) is 17.3 Å². The fourth-order valence-corrected chi connectivity index (χ4v) is 7.36. The van der Waals surface area contributed by atoms with E-state index in [1.807, 2.05) is 22.9 Å². The summed E-state index contributed by atoms with van der Waals surface area (Å²) in [6, 6.07) is 39.3. The zero-order chi connectivity index (χ0) is 40.7. The number of imidazole rings is 1. The summed E-state index contributed by atoms with van der Waals surface area (Å²) in [5.74, 6) is 2.54. The van der Waals surface area contributed by atoms with E-state index in [1.54, 1.807) is 6.20 Å². The van der Waals surface area contributed by atoms with Crippen molar-refractivity contribution in [3.05, 3.63) is 144 Å². The molecular weight excluding hydrogens is 894 g/mol. The molecule has 0 aliphatic heterocycles. The average Bonchev–Trinajstić information content (AvgIpc) is 3.69. The Morgan fingerprint density at radius 3 is 1.84 bits per heavy atom. The van der Waals surface area contributed by atoms with E-state index < -0.39 is 0 Å². The van der Waals surface area contributed by atoms with E-state index in [-0.39, 0.29) is 42.7 Å². The number of fused-ring (bicyclic) bond motifs is 4. The number of pyridine rings is 2. The molecule has 58 heavy (non-hydrogen) atoms. The van der Waals surface area contributed by atoms with Crippen LogP contribution in [0.3, 0.4) is 0 Å². The van der Waals surface area contributed by atoms with Gasteiger partial charge in [0.2, 0.25) is 0 Å². The van der Waals surface area contributed by atoms with Gasteiger partial charge in [-0.25, -0.2) is 4.98 Å². The van der Waals surface area contributed by atoms with Crippen molar-refractivity contribution < 1.29 is 30.4 Å². The molecule has 0 N–H and O–H groups in total. The second-order valence-electron chi connectivity index (χ2n) is 19.4. The Balaban J connectivity index is 0.00000512. The van der Waals surface area contributed by atoms with Crippen LogP contribution in [-0.2, 0) is 42.7 Å². The van der Waals surface area contributed by atoms with Gasteiger partial charge in [-0.3, -0.25) is 14.1 Å². The predicted molar refractivity (Wildman–Crippen MR) is 233 cm³/mol. The molecule has 0 fully saturated rings. The molecule has 0 amide bonds. The van der Waals surface area contributed by atoms with Gasteiger partial charge < -0.3 is 9.30 Å². The molecule has 4 aromatic heterocycles. The van der Waals surface area contributed by atoms with E-state index in [0.717, 1.165) is 44.3 Å². The zero-order valence-electron chi connectivity index (χ0n) is 35.8. The molecule has 0 bridgehead atoms. The summed E-state index contributed by atoms with van der Waals surface area (Å²) in [6.45, 7) is 27.0. The molecule has 0 saturated heterocycles. The van der Waals surface area contributed by atoms with Gasteiger partial charge in [0, 0.05) is 38.5 Å². The third-order valence-corrected chi connectivity index (χ3v) is 10.9. The largest absolute Gasteiger partial charge is 0.522 e. The molecule has 0 saturated carbocycles. The van der Waals surface area contributed by atoms with Gasteiger partial charge in [-0.15, -0.1) is 17.5 Å². The minimum absolute atomic E-state index is 0. The van der Waals surface area contributed by atoms with Crippen molar-refractivity contribution >= 4 is 32.8 Å². The molecule has 4 aromatic carbocycles. The summed E-state index contributed by atoms with van der Waals surface area (Å²) in [5, 5.41) is 2.22. The molecule has 0 unspecified atom stereocenters. The van der Waals surface area contributed by atoms with Gasteiger partial charge in [0.1, 0.15) is 5.82 Å². The summed E-state index contributed by atoms with van der Waals surface area (Å²) in [5.41, 5.74) is 9.91. The fourth-order valence-electron chi connectivity index (χ4n) is 7.36. The predicted octanol–water partition coefficient (Wildman–Crippen LogP) is 12.2. The van der Waals surface area contributed by atoms with Crippen LogP contribution in [0.1, 0.15) is 105 Å². The molecule has 8 rings (SSSR count). The molecule has 300 valence electrons. The SMILES string of the molecule is CC(C)(C)c1cc(-[n+]2[c-]n(-c3[c-]c(Oc4[c-]c5c(cc4)c4ccccc4n5-c4cc(C(C)(C)C)ccn4)ccn3)c3cc(C(C)(C)C)ccc32)cc(C(C)(C)C)c1.[Pt]. The van der Waals surface area contributed by atoms with Crippen LogP contribution in [0.5, 0.6) is 11.5 Å². The molecule has 0 atom stereocenters. The van der Waals surface area contributed by atoms with Crippen LogP contribution in [0.4, 0.5) is 0 Å². The van der Waals surface area contributed by atoms with Crippen LogP contribution in [0.2, 0.25) is 0 Å². The Morgan fingerprint density at radius 2 is 1.17 bits per heavy atom. The van der Waals surface area contributed by atoms with Crippen molar-refractivity contribution in [2.45, 2.75) is 105 Å². The second-order valence-corrected chi connectivity index (χ2v) is 19.4. The second kappa shape index (κ2) is 14.6. The summed E-state index contributed by atoms with van der Waals surface area (Å²) in [7, 11) is 0. The van der Waals surface area contributed by atoms with Crippen molar-refractivity contribution in [2.75, 3.05) is 0 Å². The van der Waals surface area contributed by atoms with Crippen molar-refractivity contribution in [2.24, 2.45) is 0 Å². The van der Waals surface area contributed by atoms with Crippen LogP contribution in [0.15, 0.2) is 103 Å². The molecule has 0 aliphatic carbocycles. The van der Waals surface area contributed by atoms with E-state index in [2.05, 4.69) is 190 Å². The molecule has 0 aliphatic rings. The molecule has 4 heterocycles. The molecule has 7 heteroatoms. The maximum atomic E-state index is 6.58. The summed E-state index contributed by atoms with van der Waals surface area (Å²) < 4.78 is 12.9. The van der Waals surface area contributed by atoms with Crippen molar-refractivity contribution in [3.63, 3.8) is 0 Å². The number of aromatic nitrogens is 5. The number of nitrogens with zero attached hydrogens (tertiary/aromatic N) is 5. The third kappa shape index (κ3) is 7.76. The van der Waals surface area contributed by atoms with Gasteiger partial charge in [-0.2, -0.15) is 18.2 Å². The standard InChI is InChI=1S/C51H53N5O.Pt/c1-48(2,3)33-17-20-43-45(28-33)55(32-54(43)37-26-35(50(7,8)9)25-36(27-37)51(10,11)12)46-31-39(22-24-52-46)57-38-18-19-41-40-15-13-14-16-42(40)56(44(41)30-38)47-29-34(21-23-53-47)49(4,5)6;/h13-29H,1-12H3;/q-2;. The van der Waals surface area contributed by atoms with Gasteiger partial charge in [-0.1, -0.05) is 131 Å². The molecule has 6 nitrogen and oxygen atoms in total. The van der Waals surface area contributed by atoms with Crippen LogP contribution in [-0.4, -0.2) is 19.1 Å². The van der Waals surface area contributed by atoms with Crippen molar-refractivity contribution in [1.82, 2.24) is 19.1 Å². The van der Waals surface area contributed by atoms with E-state index in [4.69, 9.17) is 14.7 Å². The number of hydrogen-bond donors (Lipinski definition) is 0. The van der Waals surface area contributed by atoms with E-state index >= 15 is 0 Å². The summed E-state index contributed by atoms with van der Waals surface area (Å²) >= 11 is 0. The van der Waals surface area contributed by atoms with Gasteiger partial charge in [0.15, 0.2) is 0 Å². The third-order valence-electron chi connectivity index (χ3n) is 10.9. The van der Waals surface area contributed by atoms with Crippen LogP contribution >= 0.6 is 0 Å². The van der Waals surface area contributed by atoms with Crippen molar-refractivity contribution in [1.29, 1.82) is 0 Å². The first-order valence-electron chi connectivity index (χ1n) is 19.9. The van der Waals surface area contributed by atoms with Gasteiger partial charge in [-0.05, 0) is 91.4 Å². The molecular formula is C51H53N5OPt-2. The normalized spacial score (nSPS) is 12.7. The Kier molecular flexibility index (Phi) is 10.4. The minimum atomic E-state index is -0.0533. The first-order chi connectivity index (χ1) is 26.8. The molecule has 0 spiro atoms. The number of ether oxygens (including phenoxy) is 1. The van der Waals surface area contributed by atoms with Crippen LogP contribution in [0, 0.1) is 18.5 Å². The first-order valence-corrected chi connectivity index (χ1v) is 19.9. The number of benzene rings is 4. The first kappa shape index (κ1) is 41.1. The van der Waals surface area contributed by atoms with Gasteiger partial charge >= 0.3 is 0 Å². The van der Waals surface area contributed by atoms with Crippen molar-refractivity contribution in [3.8, 4) is 28.8 Å². The smallest absolute Gasteiger partial charge is 0.269 e. The maximum absolute atomic E-state index is 6.58. The average molecular weight is 947 g/mol. The maximum Gasteiger partial charge on any atom is 0.269 e. The topological polar surface area (TPSA) is 48.8 Å².